The molecule has 2 aliphatic rings. The topological polar surface area (TPSA) is 49.8 Å². The van der Waals surface area contributed by atoms with Crippen LogP contribution in [0.4, 0.5) is 5.69 Å². The molecule has 4 rings (SSSR count). The monoisotopic (exact) mass is 495 g/mol. The summed E-state index contributed by atoms with van der Waals surface area (Å²) in [5, 5.41) is 10.6. The van der Waals surface area contributed by atoms with Crippen molar-refractivity contribution in [3.05, 3.63) is 65.7 Å². The summed E-state index contributed by atoms with van der Waals surface area (Å²) in [6, 6.07) is 18.7. The van der Waals surface area contributed by atoms with Crippen LogP contribution in [0.3, 0.4) is 0 Å². The molecule has 0 bridgehead atoms. The molecule has 4 nitrogen and oxygen atoms in total. The van der Waals surface area contributed by atoms with Gasteiger partial charge in [0.05, 0.1) is 6.10 Å². The van der Waals surface area contributed by atoms with Gasteiger partial charge in [-0.3, -0.25) is 9.69 Å². The zero-order chi connectivity index (χ0) is 20.8. The first-order valence-corrected chi connectivity index (χ1v) is 11.4. The van der Waals surface area contributed by atoms with Crippen molar-refractivity contribution in [2.75, 3.05) is 11.5 Å². The van der Waals surface area contributed by atoms with Gasteiger partial charge in [0.15, 0.2) is 0 Å². The standard InChI is InChI=1S/C26H32NO3.Y/c28-24(17-11-20-7-3-1-4-8-20)22-13-15-23(16-14-22)27-25(29)19-30-26(27)18-12-21-9-5-2-6-10-21;/h5-6,9-10,13-16,20,24,26,28H,1,3-4,7-8,11-12,17-19H2;/q-1;. The smallest absolute Gasteiger partial charge is 0.255 e. The van der Waals surface area contributed by atoms with Gasteiger partial charge in [0.1, 0.15) is 12.8 Å². The molecular formula is C26H32NO3Y-. The quantitative estimate of drug-likeness (QED) is 0.513. The summed E-state index contributed by atoms with van der Waals surface area (Å²) in [6.45, 7) is 0.124. The zero-order valence-corrected chi connectivity index (χ0v) is 21.0. The number of ether oxygens (including phenoxy) is 1. The van der Waals surface area contributed by atoms with Crippen LogP contribution < -0.4 is 4.90 Å². The van der Waals surface area contributed by atoms with E-state index in [2.05, 4.69) is 6.07 Å². The molecule has 1 N–H and O–H groups in total. The zero-order valence-electron chi connectivity index (χ0n) is 18.2. The minimum Gasteiger partial charge on any atom is -0.388 e. The summed E-state index contributed by atoms with van der Waals surface area (Å²) in [5.74, 6) is 0.766. The summed E-state index contributed by atoms with van der Waals surface area (Å²) in [6.07, 6.45) is 9.49. The Morgan fingerprint density at radius 3 is 2.45 bits per heavy atom. The third kappa shape index (κ3) is 6.71. The molecule has 2 fully saturated rings. The molecule has 1 saturated heterocycles. The number of hydrogen-bond donors (Lipinski definition) is 1. The van der Waals surface area contributed by atoms with Gasteiger partial charge in [0, 0.05) is 38.4 Å². The summed E-state index contributed by atoms with van der Waals surface area (Å²) in [5.41, 5.74) is 2.99. The number of aliphatic hydroxyl groups excluding tert-OH is 1. The maximum atomic E-state index is 12.4. The number of amides is 1. The van der Waals surface area contributed by atoms with Gasteiger partial charge in [0.25, 0.3) is 5.91 Å². The maximum absolute atomic E-state index is 12.4. The van der Waals surface area contributed by atoms with Gasteiger partial charge in [-0.15, -0.1) is 0 Å². The van der Waals surface area contributed by atoms with Gasteiger partial charge in [0.2, 0.25) is 0 Å². The summed E-state index contributed by atoms with van der Waals surface area (Å²) in [7, 11) is 0. The van der Waals surface area contributed by atoms with Gasteiger partial charge in [-0.05, 0) is 49.3 Å². The van der Waals surface area contributed by atoms with E-state index in [0.29, 0.717) is 0 Å². The predicted octanol–water partition coefficient (Wildman–Crippen LogP) is 5.20. The van der Waals surface area contributed by atoms with Gasteiger partial charge in [-0.1, -0.05) is 44.2 Å². The molecule has 5 heteroatoms. The third-order valence-corrected chi connectivity index (χ3v) is 6.55. The molecular weight excluding hydrogens is 463 g/mol. The minimum absolute atomic E-state index is 0. The summed E-state index contributed by atoms with van der Waals surface area (Å²) >= 11 is 0. The predicted molar refractivity (Wildman–Crippen MR) is 118 cm³/mol. The van der Waals surface area contributed by atoms with E-state index < -0.39 is 6.10 Å². The fraction of sp³-hybridized carbons (Fsp3) is 0.500. The number of benzene rings is 2. The van der Waals surface area contributed by atoms with E-state index in [9.17, 15) is 9.90 Å². The molecule has 1 aliphatic heterocycles. The number of aliphatic hydroxyl groups is 1. The van der Waals surface area contributed by atoms with E-state index in [4.69, 9.17) is 4.74 Å². The molecule has 1 radical (unpaired) electrons. The number of anilines is 1. The number of nitrogens with zero attached hydrogens (tertiary/aromatic N) is 1. The molecule has 1 saturated carbocycles. The van der Waals surface area contributed by atoms with Crippen molar-refractivity contribution in [3.63, 3.8) is 0 Å². The Labute approximate surface area is 211 Å². The molecule has 2 aromatic carbocycles. The number of carbonyl (C=O) groups is 1. The fourth-order valence-corrected chi connectivity index (χ4v) is 4.77. The summed E-state index contributed by atoms with van der Waals surface area (Å²) in [4.78, 5) is 14.2. The van der Waals surface area contributed by atoms with Crippen molar-refractivity contribution in [3.8, 4) is 0 Å². The van der Waals surface area contributed by atoms with E-state index in [-0.39, 0.29) is 51.5 Å². The van der Waals surface area contributed by atoms with E-state index in [1.165, 1.54) is 37.7 Å². The van der Waals surface area contributed by atoms with Crippen LogP contribution in [0.25, 0.3) is 0 Å². The second-order valence-electron chi connectivity index (χ2n) is 8.67. The third-order valence-electron chi connectivity index (χ3n) is 6.55. The molecule has 1 amide bonds. The number of rotatable bonds is 8. The molecule has 0 aromatic heterocycles. The minimum atomic E-state index is -0.433. The first-order valence-electron chi connectivity index (χ1n) is 11.4. The van der Waals surface area contributed by atoms with Crippen LogP contribution >= 0.6 is 0 Å². The van der Waals surface area contributed by atoms with Crippen LogP contribution in [0.5, 0.6) is 0 Å². The molecule has 2 unspecified atom stereocenters. The molecule has 1 heterocycles. The average molecular weight is 495 g/mol. The Morgan fingerprint density at radius 2 is 1.74 bits per heavy atom. The van der Waals surface area contributed by atoms with Crippen molar-refractivity contribution in [2.45, 2.75) is 70.1 Å². The molecule has 31 heavy (non-hydrogen) atoms. The number of aryl methyl sites for hydroxylation is 1. The van der Waals surface area contributed by atoms with Gasteiger partial charge in [-0.25, -0.2) is 0 Å². The SMILES string of the molecule is O=C1COC(CCc2cc[c-]cc2)N1c1ccc(C(O)CCC2CCCCC2)cc1.[Y]. The van der Waals surface area contributed by atoms with Crippen LogP contribution in [-0.4, -0.2) is 23.8 Å². The molecule has 2 atom stereocenters. The van der Waals surface area contributed by atoms with Crippen LogP contribution in [0.1, 0.15) is 68.6 Å². The van der Waals surface area contributed by atoms with Crippen molar-refractivity contribution in [1.29, 1.82) is 0 Å². The Balaban J connectivity index is 0.00000272. The van der Waals surface area contributed by atoms with E-state index in [0.717, 1.165) is 42.9 Å². The molecule has 2 aromatic rings. The van der Waals surface area contributed by atoms with Crippen LogP contribution in [0.2, 0.25) is 0 Å². The van der Waals surface area contributed by atoms with Crippen molar-refractivity contribution in [1.82, 2.24) is 0 Å². The van der Waals surface area contributed by atoms with E-state index >= 15 is 0 Å². The van der Waals surface area contributed by atoms with Crippen LogP contribution in [0, 0.1) is 12.0 Å². The van der Waals surface area contributed by atoms with Gasteiger partial charge < -0.3 is 9.84 Å². The normalized spacial score (nSPS) is 20.5. The van der Waals surface area contributed by atoms with Crippen molar-refractivity contribution >= 4 is 11.6 Å². The molecule has 1 aliphatic carbocycles. The first-order chi connectivity index (χ1) is 14.7. The number of hydrogen-bond acceptors (Lipinski definition) is 3. The Hall–Kier alpha value is -1.07. The Bertz CT molecular complexity index is 805. The second kappa shape index (κ2) is 12.2. The van der Waals surface area contributed by atoms with Gasteiger partial charge >= 0.3 is 0 Å². The second-order valence-corrected chi connectivity index (χ2v) is 8.67. The largest absolute Gasteiger partial charge is 0.388 e. The Morgan fingerprint density at radius 1 is 1.03 bits per heavy atom. The molecule has 163 valence electrons. The first kappa shape index (κ1) is 24.6. The van der Waals surface area contributed by atoms with Crippen LogP contribution in [-0.2, 0) is 48.7 Å². The molecule has 0 spiro atoms. The van der Waals surface area contributed by atoms with Gasteiger partial charge in [-0.2, -0.15) is 35.9 Å². The van der Waals surface area contributed by atoms with Crippen LogP contribution in [0.15, 0.2) is 48.5 Å². The number of carbonyl (C=O) groups excluding carboxylic acids is 1. The Kier molecular flexibility index (Phi) is 9.71. The van der Waals surface area contributed by atoms with Crippen molar-refractivity contribution in [2.24, 2.45) is 5.92 Å². The van der Waals surface area contributed by atoms with E-state index in [1.807, 2.05) is 48.5 Å². The van der Waals surface area contributed by atoms with Crippen molar-refractivity contribution < 1.29 is 47.3 Å². The fourth-order valence-electron chi connectivity index (χ4n) is 4.77. The average Bonchev–Trinajstić information content (AvgIpc) is 3.18. The van der Waals surface area contributed by atoms with E-state index in [1.54, 1.807) is 4.90 Å². The summed E-state index contributed by atoms with van der Waals surface area (Å²) < 4.78 is 5.76. The maximum Gasteiger partial charge on any atom is 0.255 e.